The Morgan fingerprint density at radius 1 is 0.258 bits per heavy atom. The minimum absolute atomic E-state index is 0.337. The predicted octanol–water partition coefficient (Wildman–Crippen LogP) is 11.6. The minimum Gasteiger partial charge on any atom is -0.492 e. The Bertz CT molecular complexity index is 3330. The number of ether oxygens (including phenoxy) is 4. The van der Waals surface area contributed by atoms with Crippen molar-refractivity contribution in [3.05, 3.63) is 190 Å². The van der Waals surface area contributed by atoms with Crippen molar-refractivity contribution in [1.82, 2.24) is 19.6 Å². The largest absolute Gasteiger partial charge is 0.492 e. The van der Waals surface area contributed by atoms with Crippen molar-refractivity contribution in [3.63, 3.8) is 0 Å². The van der Waals surface area contributed by atoms with Gasteiger partial charge in [-0.1, -0.05) is 175 Å². The average Bonchev–Trinajstić information content (AvgIpc) is 0.909. The lowest BCUT2D eigenvalue weighted by atomic mass is 10.0. The van der Waals surface area contributed by atoms with E-state index in [4.69, 9.17) is 84.0 Å². The van der Waals surface area contributed by atoms with E-state index in [1.54, 1.807) is 0 Å². The van der Waals surface area contributed by atoms with E-state index in [0.29, 0.717) is 65.0 Å². The van der Waals surface area contributed by atoms with E-state index in [2.05, 4.69) is 57.7 Å². The second-order valence-corrected chi connectivity index (χ2v) is 31.7. The first kappa shape index (κ1) is 101. The Labute approximate surface area is 712 Å². The molecule has 664 valence electrons. The van der Waals surface area contributed by atoms with Crippen LogP contribution in [0.4, 0.5) is 0 Å². The highest BCUT2D eigenvalue weighted by Gasteiger charge is 2.20. The van der Waals surface area contributed by atoms with Gasteiger partial charge in [0.25, 0.3) is 0 Å². The fourth-order valence-corrected chi connectivity index (χ4v) is 14.0. The molecule has 4 saturated heterocycles. The number of hydrogen-bond acceptors (Lipinski definition) is 20. The van der Waals surface area contributed by atoms with Gasteiger partial charge in [0, 0.05) is 26.2 Å². The highest BCUT2D eigenvalue weighted by molar-refractivity contribution is 5.75. The molecule has 6 aromatic rings. The number of carboxylic acids is 6. The van der Waals surface area contributed by atoms with Gasteiger partial charge in [-0.2, -0.15) is 0 Å². The average molecular weight is 1670 g/mol. The van der Waals surface area contributed by atoms with Crippen LogP contribution in [0.15, 0.2) is 146 Å². The molecule has 4 aliphatic heterocycles. The third kappa shape index (κ3) is 45.5. The van der Waals surface area contributed by atoms with Gasteiger partial charge >= 0.3 is 35.8 Å². The molecule has 4 heterocycles. The van der Waals surface area contributed by atoms with Crippen LogP contribution >= 0.6 is 0 Å². The molecule has 0 saturated carbocycles. The molecule has 26 heteroatoms. The van der Waals surface area contributed by atoms with Gasteiger partial charge in [0.05, 0.1) is 0 Å². The van der Waals surface area contributed by atoms with Crippen LogP contribution in [0.1, 0.15) is 187 Å². The summed E-state index contributed by atoms with van der Waals surface area (Å²) in [5.74, 6) is -2.52. The van der Waals surface area contributed by atoms with Crippen molar-refractivity contribution < 1.29 is 78.4 Å². The summed E-state index contributed by atoms with van der Waals surface area (Å²) in [4.78, 5) is 73.9. The zero-order valence-electron chi connectivity index (χ0n) is 71.5. The van der Waals surface area contributed by atoms with E-state index in [9.17, 15) is 28.8 Å². The monoisotopic (exact) mass is 1670 g/mol. The fraction of sp³-hybridized carbons (Fsp3) is 0.553. The molecule has 4 aliphatic rings. The maximum Gasteiger partial charge on any atom is 0.320 e. The maximum atomic E-state index is 10.7. The summed E-state index contributed by atoms with van der Waals surface area (Å²) in [6.45, 7) is 20.4. The van der Waals surface area contributed by atoms with Crippen LogP contribution in [-0.2, 0) is 80.1 Å². The van der Waals surface area contributed by atoms with Crippen LogP contribution in [0.5, 0.6) is 23.0 Å². The summed E-state index contributed by atoms with van der Waals surface area (Å²) in [7, 11) is 0. The SMILES string of the molecule is CCCCCCc1ccc(C[C@@H](N)C(=O)O)cc1.CCCCCCc1ccc(C[C@H](N)C(=O)O)cc1.N[C@@H](Cc1ccc(OCCN2CCCCC2)cc1)C(=O)O.N[C@@H](Cc1ccc(OCCN2CCCCC2)cc1)C(=O)O.N[C@H](Cc1ccc(OCCN2CCCCC2)cc1)C(=O)O.N[C@H](Cc1ccc(OCCN2CCCCC2)cc1)C(=O)O. The van der Waals surface area contributed by atoms with Gasteiger partial charge in [-0.05, 0) is 261 Å². The molecule has 6 aromatic carbocycles. The Kier molecular flexibility index (Phi) is 51.1. The molecular formula is C94H142N10O16. The summed E-state index contributed by atoms with van der Waals surface area (Å²) in [6, 6.07) is 41.2. The normalized spacial score (nSPS) is 15.9. The number of likely N-dealkylation sites (tertiary alicyclic amines) is 4. The molecule has 6 atom stereocenters. The molecule has 120 heavy (non-hydrogen) atoms. The molecular weight excluding hydrogens is 1530 g/mol. The number of nitrogens with two attached hydrogens (primary N) is 6. The molecule has 0 aromatic heterocycles. The van der Waals surface area contributed by atoms with Gasteiger partial charge in [-0.3, -0.25) is 48.4 Å². The molecule has 0 unspecified atom stereocenters. The summed E-state index contributed by atoms with van der Waals surface area (Å²) in [6.07, 6.45) is 30.2. The third-order valence-corrected chi connectivity index (χ3v) is 21.5. The molecule has 26 nitrogen and oxygen atoms in total. The van der Waals surface area contributed by atoms with Crippen molar-refractivity contribution in [3.8, 4) is 23.0 Å². The van der Waals surface area contributed by atoms with Gasteiger partial charge in [0.15, 0.2) is 0 Å². The van der Waals surface area contributed by atoms with Gasteiger partial charge in [0.2, 0.25) is 0 Å². The number of carboxylic acid groups (broad SMARTS) is 6. The number of rotatable bonds is 44. The molecule has 0 amide bonds. The van der Waals surface area contributed by atoms with E-state index in [1.807, 2.05) is 121 Å². The van der Waals surface area contributed by atoms with Gasteiger partial charge in [-0.15, -0.1) is 0 Å². The number of carbonyl (C=O) groups is 6. The molecule has 0 radical (unpaired) electrons. The first-order valence-corrected chi connectivity index (χ1v) is 43.7. The highest BCUT2D eigenvalue weighted by Crippen LogP contribution is 2.21. The van der Waals surface area contributed by atoms with E-state index in [1.165, 1.54) is 192 Å². The van der Waals surface area contributed by atoms with Crippen molar-refractivity contribution in [2.75, 3.05) is 105 Å². The zero-order chi connectivity index (χ0) is 87.1. The standard InChI is InChI=1S/4C16H24N2O3.2C15H23NO2/c4*17-15(16(19)20)12-13-4-6-14(7-5-13)21-11-10-18-8-2-1-3-9-18;2*1-2-3-4-5-6-12-7-9-13(10-8-12)11-14(16)15(17)18/h4*4-7,15H,1-3,8-12,17H2,(H,19,20);2*7-10,14H,2-6,11,16H2,1H3,(H,17,18)/t4*15-;2*14-/m110010/s1. The summed E-state index contributed by atoms with van der Waals surface area (Å²) < 4.78 is 22.9. The molecule has 0 spiro atoms. The fourth-order valence-electron chi connectivity index (χ4n) is 14.0. The molecule has 0 aliphatic carbocycles. The van der Waals surface area contributed by atoms with Crippen LogP contribution in [0.3, 0.4) is 0 Å². The van der Waals surface area contributed by atoms with Crippen LogP contribution in [0.2, 0.25) is 0 Å². The Morgan fingerprint density at radius 2 is 0.425 bits per heavy atom. The Balaban J connectivity index is 0.000000257. The highest BCUT2D eigenvalue weighted by atomic mass is 16.5. The number of aryl methyl sites for hydroxylation is 2. The van der Waals surface area contributed by atoms with Gasteiger partial charge in [0.1, 0.15) is 85.7 Å². The summed E-state index contributed by atoms with van der Waals surface area (Å²) >= 11 is 0. The van der Waals surface area contributed by atoms with Crippen molar-refractivity contribution in [1.29, 1.82) is 0 Å². The number of benzene rings is 6. The first-order valence-electron chi connectivity index (χ1n) is 43.7. The Morgan fingerprint density at radius 3 is 0.592 bits per heavy atom. The van der Waals surface area contributed by atoms with Crippen LogP contribution in [0, 0.1) is 0 Å². The smallest absolute Gasteiger partial charge is 0.320 e. The summed E-state index contributed by atoms with van der Waals surface area (Å²) in [5.41, 5.74) is 41.3. The molecule has 0 bridgehead atoms. The maximum absolute atomic E-state index is 10.7. The van der Waals surface area contributed by atoms with Crippen molar-refractivity contribution in [2.45, 2.75) is 230 Å². The van der Waals surface area contributed by atoms with Gasteiger partial charge < -0.3 is 84.0 Å². The topological polar surface area (TPSA) is 430 Å². The number of piperidine rings is 4. The third-order valence-electron chi connectivity index (χ3n) is 21.5. The number of nitrogens with zero attached hydrogens (tertiary/aromatic N) is 4. The van der Waals surface area contributed by atoms with Crippen molar-refractivity contribution in [2.24, 2.45) is 34.4 Å². The second-order valence-electron chi connectivity index (χ2n) is 31.7. The number of aliphatic carboxylic acids is 6. The van der Waals surface area contributed by atoms with Crippen LogP contribution in [0.25, 0.3) is 0 Å². The second kappa shape index (κ2) is 60.4. The lowest BCUT2D eigenvalue weighted by Crippen LogP contribution is -2.33. The van der Waals surface area contributed by atoms with E-state index < -0.39 is 72.1 Å². The van der Waals surface area contributed by atoms with Crippen LogP contribution < -0.4 is 53.3 Å². The lowest BCUT2D eigenvalue weighted by molar-refractivity contribution is -0.139. The van der Waals surface area contributed by atoms with Crippen molar-refractivity contribution >= 4 is 35.8 Å². The van der Waals surface area contributed by atoms with E-state index >= 15 is 0 Å². The van der Waals surface area contributed by atoms with E-state index in [0.717, 1.165) is 95.4 Å². The zero-order valence-corrected chi connectivity index (χ0v) is 71.5. The molecule has 4 fully saturated rings. The molecule has 10 rings (SSSR count). The molecule has 18 N–H and O–H groups in total. The predicted molar refractivity (Wildman–Crippen MR) is 473 cm³/mol. The number of hydrogen-bond donors (Lipinski definition) is 12. The first-order chi connectivity index (χ1) is 57.9. The number of unbranched alkanes of at least 4 members (excludes halogenated alkanes) is 6. The Hall–Kier alpha value is -9.06. The van der Waals surface area contributed by atoms with Crippen LogP contribution in [-0.4, -0.2) is 227 Å². The summed E-state index contributed by atoms with van der Waals surface area (Å²) in [5, 5.41) is 52.6. The lowest BCUT2D eigenvalue weighted by Gasteiger charge is -2.26. The minimum atomic E-state index is -0.975. The van der Waals surface area contributed by atoms with E-state index in [-0.39, 0.29) is 0 Å². The quantitative estimate of drug-likeness (QED) is 0.0158. The van der Waals surface area contributed by atoms with Gasteiger partial charge in [-0.25, -0.2) is 0 Å².